The van der Waals surface area contributed by atoms with E-state index in [0.29, 0.717) is 0 Å². The predicted octanol–water partition coefficient (Wildman–Crippen LogP) is 4.06. The van der Waals surface area contributed by atoms with Gasteiger partial charge in [-0.3, -0.25) is 5.01 Å². The first-order valence-electron chi connectivity index (χ1n) is 8.99. The van der Waals surface area contributed by atoms with Crippen LogP contribution >= 0.6 is 0 Å². The van der Waals surface area contributed by atoms with Crippen molar-refractivity contribution < 1.29 is 4.39 Å². The minimum absolute atomic E-state index is 0.0490. The van der Waals surface area contributed by atoms with Gasteiger partial charge in [-0.15, -0.1) is 0 Å². The zero-order chi connectivity index (χ0) is 17.6. The molecule has 4 rings (SSSR count). The molecular weight excluding hydrogens is 315 g/mol. The first-order valence-corrected chi connectivity index (χ1v) is 8.99. The molecule has 3 heterocycles. The van der Waals surface area contributed by atoms with Crippen molar-refractivity contribution in [3.63, 3.8) is 0 Å². The fraction of sp³-hybridized carbons (Fsp3) is 0.450. The molecule has 0 radical (unpaired) electrons. The summed E-state index contributed by atoms with van der Waals surface area (Å²) in [5.41, 5.74) is 1.08. The van der Waals surface area contributed by atoms with Crippen LogP contribution in [0, 0.1) is 5.82 Å². The van der Waals surface area contributed by atoms with Gasteiger partial charge in [0.05, 0.1) is 6.04 Å². The van der Waals surface area contributed by atoms with E-state index in [0.717, 1.165) is 43.2 Å². The lowest BCUT2D eigenvalue weighted by Crippen LogP contribution is -2.47. The van der Waals surface area contributed by atoms with E-state index in [1.165, 1.54) is 6.07 Å². The number of aliphatic imine (C=N–C) groups is 1. The number of amidine groups is 1. The molecule has 1 aromatic carbocycles. The van der Waals surface area contributed by atoms with Crippen molar-refractivity contribution in [2.75, 3.05) is 13.1 Å². The van der Waals surface area contributed by atoms with Crippen LogP contribution in [0.25, 0.3) is 0 Å². The quantitative estimate of drug-likeness (QED) is 0.770. The molecule has 0 saturated carbocycles. The van der Waals surface area contributed by atoms with E-state index in [4.69, 9.17) is 4.99 Å². The Kier molecular flexibility index (Phi) is 3.91. The summed E-state index contributed by atoms with van der Waals surface area (Å²) in [6, 6.07) is 7.16. The highest BCUT2D eigenvalue weighted by molar-refractivity contribution is 5.95. The summed E-state index contributed by atoms with van der Waals surface area (Å²) in [5, 5.41) is 4.43. The maximum atomic E-state index is 13.6. The zero-order valence-corrected chi connectivity index (χ0v) is 15.1. The number of hydrazine groups is 1. The lowest BCUT2D eigenvalue weighted by Gasteiger charge is -2.40. The molecule has 0 aliphatic carbocycles. The van der Waals surface area contributed by atoms with E-state index in [2.05, 4.69) is 54.0 Å². The number of rotatable bonds is 1. The summed E-state index contributed by atoms with van der Waals surface area (Å²) in [4.78, 5) is 7.20. The van der Waals surface area contributed by atoms with Crippen LogP contribution in [-0.2, 0) is 0 Å². The summed E-state index contributed by atoms with van der Waals surface area (Å²) in [6.45, 7) is 8.44. The molecule has 25 heavy (non-hydrogen) atoms. The average Bonchev–Trinajstić information content (AvgIpc) is 3.20. The molecule has 3 aliphatic rings. The molecule has 1 saturated heterocycles. The van der Waals surface area contributed by atoms with Crippen molar-refractivity contribution in [2.45, 2.75) is 45.2 Å². The van der Waals surface area contributed by atoms with Crippen molar-refractivity contribution in [1.29, 1.82) is 0 Å². The average molecular weight is 340 g/mol. The lowest BCUT2D eigenvalue weighted by atomic mass is 10.0. The van der Waals surface area contributed by atoms with Crippen LogP contribution < -0.4 is 0 Å². The fourth-order valence-electron chi connectivity index (χ4n) is 3.88. The molecule has 0 bridgehead atoms. The van der Waals surface area contributed by atoms with Crippen molar-refractivity contribution in [2.24, 2.45) is 4.99 Å². The van der Waals surface area contributed by atoms with Crippen LogP contribution in [0.3, 0.4) is 0 Å². The number of likely N-dealkylation sites (tertiary alicyclic amines) is 1. The van der Waals surface area contributed by atoms with Crippen LogP contribution in [0.15, 0.2) is 53.4 Å². The van der Waals surface area contributed by atoms with Gasteiger partial charge in [0, 0.05) is 24.8 Å². The van der Waals surface area contributed by atoms with Gasteiger partial charge in [-0.25, -0.2) is 14.4 Å². The highest BCUT2D eigenvalue weighted by atomic mass is 19.1. The Morgan fingerprint density at radius 2 is 2.08 bits per heavy atom. The SMILES string of the molecule is CC(C)(C)N1CC=C2N=C(N3CCC[C@@H]3c3cccc(F)c3)C=CN21. The highest BCUT2D eigenvalue weighted by Gasteiger charge is 2.35. The first-order chi connectivity index (χ1) is 11.9. The second-order valence-electron chi connectivity index (χ2n) is 7.85. The molecule has 1 fully saturated rings. The zero-order valence-electron chi connectivity index (χ0n) is 15.1. The number of halogens is 1. The Hall–Kier alpha value is -2.14. The van der Waals surface area contributed by atoms with Gasteiger partial charge in [0.2, 0.25) is 0 Å². The van der Waals surface area contributed by atoms with E-state index < -0.39 is 0 Å². The Morgan fingerprint density at radius 3 is 2.84 bits per heavy atom. The summed E-state index contributed by atoms with van der Waals surface area (Å²) in [7, 11) is 0. The Bertz CT molecular complexity index is 759. The largest absolute Gasteiger partial charge is 0.349 e. The maximum Gasteiger partial charge on any atom is 0.146 e. The molecule has 3 aliphatic heterocycles. The van der Waals surface area contributed by atoms with Crippen molar-refractivity contribution in [3.8, 4) is 0 Å². The number of nitrogens with zero attached hydrogens (tertiary/aromatic N) is 4. The number of hydrogen-bond donors (Lipinski definition) is 0. The van der Waals surface area contributed by atoms with Gasteiger partial charge in [-0.2, -0.15) is 0 Å². The Morgan fingerprint density at radius 1 is 1.24 bits per heavy atom. The van der Waals surface area contributed by atoms with E-state index >= 15 is 0 Å². The third kappa shape index (κ3) is 2.97. The van der Waals surface area contributed by atoms with Gasteiger partial charge in [0.1, 0.15) is 17.5 Å². The van der Waals surface area contributed by atoms with Crippen LogP contribution in [0.5, 0.6) is 0 Å². The molecule has 1 aromatic rings. The normalized spacial score (nSPS) is 23.8. The van der Waals surface area contributed by atoms with Crippen LogP contribution in [-0.4, -0.2) is 39.4 Å². The van der Waals surface area contributed by atoms with Gasteiger partial charge in [-0.05, 0) is 63.5 Å². The van der Waals surface area contributed by atoms with Crippen molar-refractivity contribution >= 4 is 5.84 Å². The van der Waals surface area contributed by atoms with Gasteiger partial charge >= 0.3 is 0 Å². The molecule has 0 aromatic heterocycles. The second kappa shape index (κ2) is 5.99. The smallest absolute Gasteiger partial charge is 0.146 e. The molecule has 1 atom stereocenters. The van der Waals surface area contributed by atoms with Crippen molar-refractivity contribution in [1.82, 2.24) is 14.9 Å². The third-order valence-electron chi connectivity index (χ3n) is 5.09. The molecular formula is C20H25FN4. The number of benzene rings is 1. The van der Waals surface area contributed by atoms with Crippen LogP contribution in [0.4, 0.5) is 4.39 Å². The second-order valence-corrected chi connectivity index (χ2v) is 7.85. The number of fused-ring (bicyclic) bond motifs is 1. The molecule has 0 unspecified atom stereocenters. The fourth-order valence-corrected chi connectivity index (χ4v) is 3.88. The van der Waals surface area contributed by atoms with Gasteiger partial charge in [0.15, 0.2) is 0 Å². The standard InChI is InChI=1S/C20H25FN4/c1-20(2,3)25-13-10-19-22-18(9-12-24(19)25)23-11-5-8-17(23)15-6-4-7-16(21)14-15/h4,6-7,9-10,12,14,17H,5,8,11,13H2,1-3H3/t17-/m1/s1. The van der Waals surface area contributed by atoms with Gasteiger partial charge in [0.25, 0.3) is 0 Å². The molecule has 0 spiro atoms. The first kappa shape index (κ1) is 16.3. The third-order valence-corrected chi connectivity index (χ3v) is 5.09. The number of hydrogen-bond acceptors (Lipinski definition) is 4. The Labute approximate surface area is 148 Å². The summed E-state index contributed by atoms with van der Waals surface area (Å²) < 4.78 is 13.6. The van der Waals surface area contributed by atoms with Crippen LogP contribution in [0.2, 0.25) is 0 Å². The van der Waals surface area contributed by atoms with E-state index in [-0.39, 0.29) is 17.4 Å². The minimum Gasteiger partial charge on any atom is -0.349 e. The molecule has 132 valence electrons. The van der Waals surface area contributed by atoms with E-state index in [9.17, 15) is 4.39 Å². The summed E-state index contributed by atoms with van der Waals surface area (Å²) in [6.07, 6.45) is 8.49. The highest BCUT2D eigenvalue weighted by Crippen LogP contribution is 2.35. The molecule has 0 amide bonds. The van der Waals surface area contributed by atoms with Gasteiger partial charge < -0.3 is 4.90 Å². The predicted molar refractivity (Wildman–Crippen MR) is 98.0 cm³/mol. The summed E-state index contributed by atoms with van der Waals surface area (Å²) >= 11 is 0. The van der Waals surface area contributed by atoms with Gasteiger partial charge in [-0.1, -0.05) is 12.1 Å². The summed E-state index contributed by atoms with van der Waals surface area (Å²) in [5.74, 6) is 1.79. The topological polar surface area (TPSA) is 22.1 Å². The lowest BCUT2D eigenvalue weighted by molar-refractivity contribution is -0.00320. The monoisotopic (exact) mass is 340 g/mol. The molecule has 4 nitrogen and oxygen atoms in total. The maximum absolute atomic E-state index is 13.6. The molecule has 5 heteroatoms. The van der Waals surface area contributed by atoms with Crippen molar-refractivity contribution in [3.05, 3.63) is 59.8 Å². The van der Waals surface area contributed by atoms with Crippen LogP contribution in [0.1, 0.15) is 45.2 Å². The molecule has 0 N–H and O–H groups in total. The minimum atomic E-state index is -0.170. The van der Waals surface area contributed by atoms with E-state index in [1.54, 1.807) is 12.1 Å². The Balaban J connectivity index is 1.58. The van der Waals surface area contributed by atoms with E-state index in [1.807, 2.05) is 6.07 Å².